The van der Waals surface area contributed by atoms with Gasteiger partial charge < -0.3 is 15.7 Å². The summed E-state index contributed by atoms with van der Waals surface area (Å²) in [5, 5.41) is 20.5. The van der Waals surface area contributed by atoms with Crippen molar-refractivity contribution in [3.05, 3.63) is 90.0 Å². The predicted octanol–water partition coefficient (Wildman–Crippen LogP) is 3.37. The van der Waals surface area contributed by atoms with Crippen molar-refractivity contribution in [3.63, 3.8) is 0 Å². The first-order valence-electron chi connectivity index (χ1n) is 9.96. The molecule has 5 rings (SSSR count). The van der Waals surface area contributed by atoms with Crippen molar-refractivity contribution in [2.24, 2.45) is 0 Å². The Morgan fingerprint density at radius 1 is 1.09 bits per heavy atom. The highest BCUT2D eigenvalue weighted by atomic mass is 16.3. The number of benzene rings is 1. The Labute approximate surface area is 183 Å². The summed E-state index contributed by atoms with van der Waals surface area (Å²) in [5.74, 6) is 1.27. The van der Waals surface area contributed by atoms with Crippen molar-refractivity contribution in [1.29, 1.82) is 0 Å². The summed E-state index contributed by atoms with van der Waals surface area (Å²) in [6.45, 7) is 1.82. The Bertz CT molecular complexity index is 1300. The van der Waals surface area contributed by atoms with Crippen LogP contribution in [0.4, 0.5) is 11.8 Å². The molecule has 0 radical (unpaired) electrons. The second-order valence-electron chi connectivity index (χ2n) is 7.27. The number of rotatable bonds is 4. The molecule has 1 amide bonds. The van der Waals surface area contributed by atoms with E-state index in [9.17, 15) is 9.90 Å². The Balaban J connectivity index is 1.60. The number of carbonyl (C=O) groups excluding carboxylic acids is 1. The number of nitrogens with zero attached hydrogens (tertiary/aromatic N) is 5. The topological polar surface area (TPSA) is 118 Å². The number of phenols is 1. The number of phenolic OH excluding ortho intramolecular Hbond substituents is 1. The molecule has 0 saturated carbocycles. The van der Waals surface area contributed by atoms with Gasteiger partial charge in [0.25, 0.3) is 5.91 Å². The van der Waals surface area contributed by atoms with E-state index in [1.165, 1.54) is 0 Å². The number of pyridine rings is 2. The van der Waals surface area contributed by atoms with E-state index in [1.807, 2.05) is 19.1 Å². The lowest BCUT2D eigenvalue weighted by Gasteiger charge is -2.28. The normalized spacial score (nSPS) is 15.1. The molecule has 0 aliphatic carbocycles. The van der Waals surface area contributed by atoms with Crippen molar-refractivity contribution in [2.45, 2.75) is 13.0 Å². The first kappa shape index (κ1) is 19.4. The van der Waals surface area contributed by atoms with Crippen LogP contribution in [0, 0.1) is 0 Å². The molecule has 0 fully saturated rings. The van der Waals surface area contributed by atoms with Gasteiger partial charge in [-0.1, -0.05) is 18.2 Å². The number of aromatic hydroxyl groups is 1. The third kappa shape index (κ3) is 3.56. The van der Waals surface area contributed by atoms with E-state index >= 15 is 0 Å². The van der Waals surface area contributed by atoms with E-state index in [2.05, 4.69) is 30.7 Å². The van der Waals surface area contributed by atoms with Crippen molar-refractivity contribution < 1.29 is 9.90 Å². The highest BCUT2D eigenvalue weighted by Crippen LogP contribution is 2.37. The third-order valence-electron chi connectivity index (χ3n) is 5.13. The zero-order valence-electron chi connectivity index (χ0n) is 17.1. The summed E-state index contributed by atoms with van der Waals surface area (Å²) in [7, 11) is 0. The minimum atomic E-state index is -0.562. The fourth-order valence-electron chi connectivity index (χ4n) is 3.65. The molecule has 9 heteroatoms. The number of allylic oxidation sites excluding steroid dienone is 1. The predicted molar refractivity (Wildman–Crippen MR) is 119 cm³/mol. The van der Waals surface area contributed by atoms with Crippen molar-refractivity contribution in [1.82, 2.24) is 24.7 Å². The van der Waals surface area contributed by atoms with Crippen LogP contribution in [0.15, 0.2) is 84.5 Å². The van der Waals surface area contributed by atoms with Gasteiger partial charge in [-0.15, -0.1) is 5.10 Å². The summed E-state index contributed by atoms with van der Waals surface area (Å²) in [4.78, 5) is 26.3. The van der Waals surface area contributed by atoms with Gasteiger partial charge in [0.05, 0.1) is 5.57 Å². The molecule has 1 atom stereocenters. The van der Waals surface area contributed by atoms with Crippen molar-refractivity contribution in [3.8, 4) is 17.1 Å². The molecule has 3 aromatic heterocycles. The average molecular weight is 425 g/mol. The average Bonchev–Trinajstić information content (AvgIpc) is 3.23. The van der Waals surface area contributed by atoms with E-state index in [0.29, 0.717) is 28.9 Å². The molecule has 0 saturated heterocycles. The summed E-state index contributed by atoms with van der Waals surface area (Å²) >= 11 is 0. The van der Waals surface area contributed by atoms with E-state index in [4.69, 9.17) is 0 Å². The highest BCUT2D eigenvalue weighted by Gasteiger charge is 2.34. The van der Waals surface area contributed by atoms with Crippen molar-refractivity contribution >= 4 is 17.7 Å². The van der Waals surface area contributed by atoms with Crippen LogP contribution in [0.25, 0.3) is 11.4 Å². The van der Waals surface area contributed by atoms with Gasteiger partial charge >= 0.3 is 0 Å². The van der Waals surface area contributed by atoms with E-state index in [0.717, 1.165) is 11.1 Å². The lowest BCUT2D eigenvalue weighted by molar-refractivity contribution is -0.113. The fraction of sp³-hybridized carbons (Fsp3) is 0.0870. The maximum atomic E-state index is 13.3. The quantitative estimate of drug-likeness (QED) is 0.459. The molecule has 32 heavy (non-hydrogen) atoms. The molecule has 0 bridgehead atoms. The Kier molecular flexibility index (Phi) is 4.83. The molecule has 1 aromatic carbocycles. The zero-order valence-corrected chi connectivity index (χ0v) is 17.1. The van der Waals surface area contributed by atoms with Crippen LogP contribution in [-0.2, 0) is 4.79 Å². The minimum absolute atomic E-state index is 0.137. The van der Waals surface area contributed by atoms with Gasteiger partial charge in [-0.2, -0.15) is 4.98 Å². The van der Waals surface area contributed by atoms with Gasteiger partial charge in [-0.3, -0.25) is 9.78 Å². The monoisotopic (exact) mass is 425 g/mol. The maximum absolute atomic E-state index is 13.3. The summed E-state index contributed by atoms with van der Waals surface area (Å²) in [6, 6.07) is 15.1. The minimum Gasteiger partial charge on any atom is -0.508 e. The van der Waals surface area contributed by atoms with Gasteiger partial charge in [-0.05, 0) is 48.9 Å². The number of hydrogen-bond donors (Lipinski definition) is 3. The summed E-state index contributed by atoms with van der Waals surface area (Å²) < 4.78 is 1.68. The SMILES string of the molecule is CC1=C(C(=O)Nc2ccccn2)C(c2ccc(O)cc2)n2nc(-c3cccnc3)nc2N1. The number of aromatic nitrogens is 5. The van der Waals surface area contributed by atoms with Gasteiger partial charge in [0.15, 0.2) is 5.82 Å². The third-order valence-corrected chi connectivity index (χ3v) is 5.13. The number of fused-ring (bicyclic) bond motifs is 1. The fourth-order valence-corrected chi connectivity index (χ4v) is 3.65. The van der Waals surface area contributed by atoms with Gasteiger partial charge in [0.1, 0.15) is 17.6 Å². The maximum Gasteiger partial charge on any atom is 0.257 e. The smallest absolute Gasteiger partial charge is 0.257 e. The van der Waals surface area contributed by atoms with E-state index in [-0.39, 0.29) is 11.7 Å². The van der Waals surface area contributed by atoms with Crippen LogP contribution in [0.2, 0.25) is 0 Å². The molecule has 9 nitrogen and oxygen atoms in total. The molecular formula is C23H19N7O2. The first-order valence-corrected chi connectivity index (χ1v) is 9.96. The van der Waals surface area contributed by atoms with Gasteiger partial charge in [0.2, 0.25) is 5.95 Å². The summed E-state index contributed by atoms with van der Waals surface area (Å²) in [5.41, 5.74) is 2.65. The number of amides is 1. The molecule has 4 heterocycles. The molecule has 3 N–H and O–H groups in total. The Morgan fingerprint density at radius 2 is 1.94 bits per heavy atom. The lowest BCUT2D eigenvalue weighted by atomic mass is 9.95. The molecule has 0 spiro atoms. The number of anilines is 2. The molecule has 4 aromatic rings. The molecule has 1 aliphatic rings. The van der Waals surface area contributed by atoms with Gasteiger partial charge in [0, 0.05) is 29.9 Å². The van der Waals surface area contributed by atoms with Crippen LogP contribution in [0.3, 0.4) is 0 Å². The molecule has 158 valence electrons. The van der Waals surface area contributed by atoms with Crippen molar-refractivity contribution in [2.75, 3.05) is 10.6 Å². The van der Waals surface area contributed by atoms with Crippen LogP contribution in [0.1, 0.15) is 18.5 Å². The standard InChI is InChI=1S/C23H19N7O2/c1-14-19(22(32)27-18-6-2-3-12-25-18)20(15-7-9-17(31)10-8-15)30-23(26-14)28-21(29-30)16-5-4-11-24-13-16/h2-13,20,31H,1H3,(H,25,27,32)(H,26,28,29). The second kappa shape index (κ2) is 7.95. The van der Waals surface area contributed by atoms with Crippen LogP contribution in [-0.4, -0.2) is 35.7 Å². The number of carbonyl (C=O) groups is 1. The first-order chi connectivity index (χ1) is 15.6. The number of hydrogen-bond acceptors (Lipinski definition) is 7. The molecular weight excluding hydrogens is 406 g/mol. The summed E-state index contributed by atoms with van der Waals surface area (Å²) in [6.07, 6.45) is 4.98. The zero-order chi connectivity index (χ0) is 22.1. The van der Waals surface area contributed by atoms with Gasteiger partial charge in [-0.25, -0.2) is 9.67 Å². The molecule has 1 unspecified atom stereocenters. The Morgan fingerprint density at radius 3 is 2.66 bits per heavy atom. The second-order valence-corrected chi connectivity index (χ2v) is 7.27. The van der Waals surface area contributed by atoms with E-state index < -0.39 is 6.04 Å². The molecule has 1 aliphatic heterocycles. The van der Waals surface area contributed by atoms with Crippen LogP contribution >= 0.6 is 0 Å². The van der Waals surface area contributed by atoms with E-state index in [1.54, 1.807) is 65.7 Å². The lowest BCUT2D eigenvalue weighted by Crippen LogP contribution is -2.31. The largest absolute Gasteiger partial charge is 0.508 e. The van der Waals surface area contributed by atoms with Crippen LogP contribution < -0.4 is 10.6 Å². The highest BCUT2D eigenvalue weighted by molar-refractivity contribution is 6.05. The van der Waals surface area contributed by atoms with Crippen LogP contribution in [0.5, 0.6) is 5.75 Å². The number of nitrogens with one attached hydrogen (secondary N) is 2. The Hall–Kier alpha value is -4.53.